The van der Waals surface area contributed by atoms with E-state index >= 15 is 0 Å². The number of anilines is 1. The lowest BCUT2D eigenvalue weighted by atomic mass is 10.2. The number of carbonyl (C=O) groups is 1. The smallest absolute Gasteiger partial charge is 0.225 e. The first-order chi connectivity index (χ1) is 9.21. The Morgan fingerprint density at radius 3 is 2.95 bits per heavy atom. The summed E-state index contributed by atoms with van der Waals surface area (Å²) in [5.41, 5.74) is 6.77. The number of benzene rings is 1. The van der Waals surface area contributed by atoms with Crippen LogP contribution in [0.4, 0.5) is 5.69 Å². The number of hydrogen-bond acceptors (Lipinski definition) is 4. The lowest BCUT2D eigenvalue weighted by molar-refractivity contribution is -0.115. The summed E-state index contributed by atoms with van der Waals surface area (Å²) in [7, 11) is 1.57. The van der Waals surface area contributed by atoms with E-state index in [0.29, 0.717) is 24.4 Å². The molecule has 3 N–H and O–H groups in total. The predicted molar refractivity (Wildman–Crippen MR) is 80.6 cm³/mol. The maximum atomic E-state index is 11.7. The van der Waals surface area contributed by atoms with Crippen molar-refractivity contribution in [2.75, 3.05) is 31.0 Å². The SMILES string of the molecule is COc1ccc(C#CCN)cc1NC(=O)CCSC. The third-order valence-electron chi connectivity index (χ3n) is 2.34. The quantitative estimate of drug-likeness (QED) is 0.805. The molecule has 5 heteroatoms. The molecule has 0 heterocycles. The van der Waals surface area contributed by atoms with Gasteiger partial charge in [0.05, 0.1) is 19.3 Å². The van der Waals surface area contributed by atoms with Crippen molar-refractivity contribution in [3.63, 3.8) is 0 Å². The van der Waals surface area contributed by atoms with E-state index in [2.05, 4.69) is 17.2 Å². The standard InChI is InChI=1S/C14H18N2O2S/c1-18-13-6-5-11(4-3-8-15)10-12(13)16-14(17)7-9-19-2/h5-6,10H,7-9,15H2,1-2H3,(H,16,17). The summed E-state index contributed by atoms with van der Waals surface area (Å²) in [5, 5.41) is 2.84. The van der Waals surface area contributed by atoms with Crippen molar-refractivity contribution in [2.45, 2.75) is 6.42 Å². The van der Waals surface area contributed by atoms with Crippen LogP contribution in [-0.4, -0.2) is 31.6 Å². The highest BCUT2D eigenvalue weighted by Gasteiger charge is 2.07. The molecule has 0 bridgehead atoms. The molecule has 0 aromatic heterocycles. The van der Waals surface area contributed by atoms with Gasteiger partial charge in [0, 0.05) is 17.7 Å². The van der Waals surface area contributed by atoms with Gasteiger partial charge in [-0.1, -0.05) is 11.8 Å². The summed E-state index contributed by atoms with van der Waals surface area (Å²) < 4.78 is 5.22. The minimum absolute atomic E-state index is 0.0309. The molecular formula is C14H18N2O2S. The maximum Gasteiger partial charge on any atom is 0.225 e. The summed E-state index contributed by atoms with van der Waals surface area (Å²) in [5.74, 6) is 7.09. The number of nitrogens with one attached hydrogen (secondary N) is 1. The number of amides is 1. The lowest BCUT2D eigenvalue weighted by Gasteiger charge is -2.10. The fraction of sp³-hybridized carbons (Fsp3) is 0.357. The molecule has 102 valence electrons. The lowest BCUT2D eigenvalue weighted by Crippen LogP contribution is -2.13. The Hall–Kier alpha value is -1.64. The van der Waals surface area contributed by atoms with Gasteiger partial charge in [0.1, 0.15) is 5.75 Å². The zero-order valence-corrected chi connectivity index (χ0v) is 12.0. The number of nitrogens with two attached hydrogens (primary N) is 1. The molecule has 0 aliphatic heterocycles. The van der Waals surface area contributed by atoms with Gasteiger partial charge in [-0.05, 0) is 24.5 Å². The largest absolute Gasteiger partial charge is 0.495 e. The van der Waals surface area contributed by atoms with Gasteiger partial charge in [-0.15, -0.1) is 0 Å². The second-order valence-electron chi connectivity index (χ2n) is 3.71. The molecule has 0 aliphatic rings. The van der Waals surface area contributed by atoms with Crippen molar-refractivity contribution in [3.8, 4) is 17.6 Å². The Morgan fingerprint density at radius 1 is 1.53 bits per heavy atom. The Kier molecular flexibility index (Phi) is 6.86. The van der Waals surface area contributed by atoms with Gasteiger partial charge in [-0.3, -0.25) is 4.79 Å². The van der Waals surface area contributed by atoms with E-state index in [9.17, 15) is 4.79 Å². The molecule has 1 amide bonds. The highest BCUT2D eigenvalue weighted by atomic mass is 32.2. The molecule has 0 aliphatic carbocycles. The number of carbonyl (C=O) groups excluding carboxylic acids is 1. The number of methoxy groups -OCH3 is 1. The van der Waals surface area contributed by atoms with Gasteiger partial charge < -0.3 is 15.8 Å². The average Bonchev–Trinajstić information content (AvgIpc) is 2.43. The van der Waals surface area contributed by atoms with Crippen molar-refractivity contribution >= 4 is 23.4 Å². The Bertz CT molecular complexity index is 492. The van der Waals surface area contributed by atoms with E-state index in [1.807, 2.05) is 12.3 Å². The second kappa shape index (κ2) is 8.46. The van der Waals surface area contributed by atoms with Crippen LogP contribution in [-0.2, 0) is 4.79 Å². The van der Waals surface area contributed by atoms with Crippen LogP contribution in [0.25, 0.3) is 0 Å². The maximum absolute atomic E-state index is 11.7. The van der Waals surface area contributed by atoms with E-state index in [1.165, 1.54) is 0 Å². The van der Waals surface area contributed by atoms with Crippen LogP contribution in [0.5, 0.6) is 5.75 Å². The van der Waals surface area contributed by atoms with Crippen molar-refractivity contribution in [1.29, 1.82) is 0 Å². The predicted octanol–water partition coefficient (Wildman–Crippen LogP) is 1.70. The fourth-order valence-corrected chi connectivity index (χ4v) is 1.83. The molecule has 0 fully saturated rings. The minimum atomic E-state index is -0.0309. The second-order valence-corrected chi connectivity index (χ2v) is 4.70. The molecule has 1 aromatic carbocycles. The molecule has 19 heavy (non-hydrogen) atoms. The number of thioether (sulfide) groups is 1. The fourth-order valence-electron chi connectivity index (χ4n) is 1.44. The average molecular weight is 278 g/mol. The summed E-state index contributed by atoms with van der Waals surface area (Å²) in [6.45, 7) is 0.307. The Labute approximate surface area is 118 Å². The number of rotatable bonds is 5. The number of ether oxygens (including phenoxy) is 1. The molecule has 0 atom stereocenters. The summed E-state index contributed by atoms with van der Waals surface area (Å²) in [6, 6.07) is 5.41. The summed E-state index contributed by atoms with van der Waals surface area (Å²) >= 11 is 1.64. The van der Waals surface area contributed by atoms with Crippen molar-refractivity contribution in [2.24, 2.45) is 5.73 Å². The topological polar surface area (TPSA) is 64.3 Å². The van der Waals surface area contributed by atoms with Gasteiger partial charge >= 0.3 is 0 Å². The van der Waals surface area contributed by atoms with E-state index in [1.54, 1.807) is 31.0 Å². The van der Waals surface area contributed by atoms with Crippen LogP contribution in [0.1, 0.15) is 12.0 Å². The first-order valence-corrected chi connectivity index (χ1v) is 7.26. The zero-order chi connectivity index (χ0) is 14.1. The molecule has 0 spiro atoms. The first kappa shape index (κ1) is 15.4. The van der Waals surface area contributed by atoms with E-state index in [0.717, 1.165) is 11.3 Å². The summed E-state index contributed by atoms with van der Waals surface area (Å²) in [4.78, 5) is 11.7. The van der Waals surface area contributed by atoms with Crippen LogP contribution in [0.15, 0.2) is 18.2 Å². The normalized spacial score (nSPS) is 9.42. The number of hydrogen-bond donors (Lipinski definition) is 2. The Balaban J connectivity index is 2.86. The third-order valence-corrected chi connectivity index (χ3v) is 2.95. The molecule has 0 saturated carbocycles. The zero-order valence-electron chi connectivity index (χ0n) is 11.2. The van der Waals surface area contributed by atoms with Gasteiger partial charge in [0.2, 0.25) is 5.91 Å². The first-order valence-electron chi connectivity index (χ1n) is 5.87. The van der Waals surface area contributed by atoms with Crippen LogP contribution in [0, 0.1) is 11.8 Å². The Morgan fingerprint density at radius 2 is 2.32 bits per heavy atom. The molecule has 4 nitrogen and oxygen atoms in total. The van der Waals surface area contributed by atoms with Gasteiger partial charge in [0.25, 0.3) is 0 Å². The van der Waals surface area contributed by atoms with Gasteiger partial charge in [-0.2, -0.15) is 11.8 Å². The highest BCUT2D eigenvalue weighted by Crippen LogP contribution is 2.25. The van der Waals surface area contributed by atoms with E-state index < -0.39 is 0 Å². The molecule has 0 unspecified atom stereocenters. The molecule has 0 radical (unpaired) electrons. The third kappa shape index (κ3) is 5.25. The van der Waals surface area contributed by atoms with Gasteiger partial charge in [0.15, 0.2) is 0 Å². The van der Waals surface area contributed by atoms with Gasteiger partial charge in [-0.25, -0.2) is 0 Å². The van der Waals surface area contributed by atoms with E-state index in [-0.39, 0.29) is 5.91 Å². The molecule has 0 saturated heterocycles. The van der Waals surface area contributed by atoms with Crippen LogP contribution >= 0.6 is 11.8 Å². The van der Waals surface area contributed by atoms with Crippen LogP contribution < -0.4 is 15.8 Å². The van der Waals surface area contributed by atoms with Crippen LogP contribution in [0.2, 0.25) is 0 Å². The van der Waals surface area contributed by atoms with Crippen molar-refractivity contribution < 1.29 is 9.53 Å². The minimum Gasteiger partial charge on any atom is -0.495 e. The molecule has 1 rings (SSSR count). The molecule has 1 aromatic rings. The summed E-state index contributed by atoms with van der Waals surface area (Å²) in [6.07, 6.45) is 2.44. The monoisotopic (exact) mass is 278 g/mol. The highest BCUT2D eigenvalue weighted by molar-refractivity contribution is 7.98. The van der Waals surface area contributed by atoms with E-state index in [4.69, 9.17) is 10.5 Å². The van der Waals surface area contributed by atoms with Crippen LogP contribution in [0.3, 0.4) is 0 Å². The van der Waals surface area contributed by atoms with Crippen molar-refractivity contribution in [3.05, 3.63) is 23.8 Å². The molecular weight excluding hydrogens is 260 g/mol. The van der Waals surface area contributed by atoms with Crippen molar-refractivity contribution in [1.82, 2.24) is 0 Å².